The summed E-state index contributed by atoms with van der Waals surface area (Å²) in [5, 5.41) is 4.48. The number of hydrogen-bond acceptors (Lipinski definition) is 4. The van der Waals surface area contributed by atoms with E-state index in [1.807, 2.05) is 36.4 Å². The van der Waals surface area contributed by atoms with Crippen LogP contribution in [-0.4, -0.2) is 24.3 Å². The molecule has 2 N–H and O–H groups in total. The molecule has 0 aliphatic heterocycles. The highest BCUT2D eigenvalue weighted by molar-refractivity contribution is 5.61. The van der Waals surface area contributed by atoms with Crippen LogP contribution in [0.15, 0.2) is 37.1 Å². The van der Waals surface area contributed by atoms with Gasteiger partial charge in [-0.05, 0) is 18.6 Å². The summed E-state index contributed by atoms with van der Waals surface area (Å²) >= 11 is 0. The van der Waals surface area contributed by atoms with Gasteiger partial charge < -0.3 is 10.3 Å². The van der Waals surface area contributed by atoms with Crippen LogP contribution in [0.2, 0.25) is 0 Å². The van der Waals surface area contributed by atoms with Gasteiger partial charge in [0.25, 0.3) is 0 Å². The fraction of sp³-hybridized carbons (Fsp3) is 0.267. The molecule has 21 heavy (non-hydrogen) atoms. The lowest BCUT2D eigenvalue weighted by Crippen LogP contribution is -2.02. The maximum atomic E-state index is 5.76. The van der Waals surface area contributed by atoms with E-state index in [0.29, 0.717) is 5.82 Å². The van der Waals surface area contributed by atoms with Crippen LogP contribution in [0.1, 0.15) is 18.2 Å². The number of hydrogen-bond donors (Lipinski definition) is 1. The van der Waals surface area contributed by atoms with Gasteiger partial charge in [0.1, 0.15) is 5.82 Å². The summed E-state index contributed by atoms with van der Waals surface area (Å²) in [5.41, 5.74) is 10.1. The van der Waals surface area contributed by atoms with Crippen molar-refractivity contribution in [2.45, 2.75) is 19.9 Å². The van der Waals surface area contributed by atoms with E-state index in [9.17, 15) is 0 Å². The molecule has 0 aliphatic carbocycles. The average molecular weight is 282 g/mol. The first kappa shape index (κ1) is 13.4. The molecule has 3 rings (SSSR count). The molecule has 0 saturated heterocycles. The maximum absolute atomic E-state index is 5.76. The van der Waals surface area contributed by atoms with E-state index >= 15 is 0 Å². The highest BCUT2D eigenvalue weighted by Gasteiger charge is 2.10. The van der Waals surface area contributed by atoms with Crippen LogP contribution in [0.4, 0.5) is 5.82 Å². The normalized spacial score (nSPS) is 11.0. The standard InChI is InChI=1S/C15H18N6/c1-3-13-12(8-20(2)19-13)9-21-10-17-7-14(21)11-4-5-18-15(16)6-11/h4-8,10H,3,9H2,1-2H3,(H2,16,18). The van der Waals surface area contributed by atoms with Crippen molar-refractivity contribution in [3.8, 4) is 11.3 Å². The zero-order valence-corrected chi connectivity index (χ0v) is 12.2. The number of anilines is 1. The van der Waals surface area contributed by atoms with Gasteiger partial charge in [-0.1, -0.05) is 6.92 Å². The Morgan fingerprint density at radius 2 is 2.19 bits per heavy atom. The largest absolute Gasteiger partial charge is 0.384 e. The van der Waals surface area contributed by atoms with Gasteiger partial charge in [0.15, 0.2) is 0 Å². The number of pyridine rings is 1. The zero-order chi connectivity index (χ0) is 14.8. The Labute approximate surface area is 123 Å². The molecule has 0 aliphatic rings. The number of nitrogens with zero attached hydrogens (tertiary/aromatic N) is 5. The number of nitrogens with two attached hydrogens (primary N) is 1. The van der Waals surface area contributed by atoms with Crippen LogP contribution in [-0.2, 0) is 20.0 Å². The van der Waals surface area contributed by atoms with Crippen molar-refractivity contribution < 1.29 is 0 Å². The number of rotatable bonds is 4. The van der Waals surface area contributed by atoms with E-state index < -0.39 is 0 Å². The topological polar surface area (TPSA) is 74.5 Å². The molecule has 108 valence electrons. The molecule has 0 radical (unpaired) electrons. The Balaban J connectivity index is 1.96. The first-order valence-corrected chi connectivity index (χ1v) is 6.90. The second-order valence-corrected chi connectivity index (χ2v) is 5.00. The smallest absolute Gasteiger partial charge is 0.123 e. The lowest BCUT2D eigenvalue weighted by atomic mass is 10.1. The molecule has 3 heterocycles. The Hall–Kier alpha value is -2.63. The quantitative estimate of drug-likeness (QED) is 0.792. The highest BCUT2D eigenvalue weighted by Crippen LogP contribution is 2.21. The van der Waals surface area contributed by atoms with Gasteiger partial charge in [0, 0.05) is 30.6 Å². The highest BCUT2D eigenvalue weighted by atomic mass is 15.3. The maximum Gasteiger partial charge on any atom is 0.123 e. The third kappa shape index (κ3) is 2.65. The predicted molar refractivity (Wildman–Crippen MR) is 81.6 cm³/mol. The van der Waals surface area contributed by atoms with E-state index in [-0.39, 0.29) is 0 Å². The van der Waals surface area contributed by atoms with Crippen molar-refractivity contribution in [1.29, 1.82) is 0 Å². The van der Waals surface area contributed by atoms with Crippen molar-refractivity contribution in [3.05, 3.63) is 48.3 Å². The van der Waals surface area contributed by atoms with Crippen LogP contribution < -0.4 is 5.73 Å². The van der Waals surface area contributed by atoms with Crippen LogP contribution >= 0.6 is 0 Å². The Morgan fingerprint density at radius 1 is 1.33 bits per heavy atom. The molecular formula is C15H18N6. The number of aromatic nitrogens is 5. The fourth-order valence-corrected chi connectivity index (χ4v) is 2.49. The van der Waals surface area contributed by atoms with E-state index in [1.54, 1.807) is 6.20 Å². The molecule has 0 saturated carbocycles. The molecule has 0 amide bonds. The molecule has 0 spiro atoms. The summed E-state index contributed by atoms with van der Waals surface area (Å²) in [4.78, 5) is 8.29. The molecule has 0 bridgehead atoms. The van der Waals surface area contributed by atoms with Crippen molar-refractivity contribution in [2.75, 3.05) is 5.73 Å². The lowest BCUT2D eigenvalue weighted by Gasteiger charge is -2.08. The lowest BCUT2D eigenvalue weighted by molar-refractivity contribution is 0.746. The molecule has 6 heteroatoms. The van der Waals surface area contributed by atoms with Crippen molar-refractivity contribution in [1.82, 2.24) is 24.3 Å². The number of imidazole rings is 1. The van der Waals surface area contributed by atoms with Crippen molar-refractivity contribution >= 4 is 5.82 Å². The summed E-state index contributed by atoms with van der Waals surface area (Å²) in [6, 6.07) is 3.80. The van der Waals surface area contributed by atoms with Gasteiger partial charge in [-0.15, -0.1) is 0 Å². The Bertz CT molecular complexity index is 755. The molecule has 6 nitrogen and oxygen atoms in total. The average Bonchev–Trinajstić information content (AvgIpc) is 3.05. The third-order valence-electron chi connectivity index (χ3n) is 3.46. The minimum atomic E-state index is 0.510. The van der Waals surface area contributed by atoms with Gasteiger partial charge in [0.05, 0.1) is 30.5 Å². The monoisotopic (exact) mass is 282 g/mol. The first-order chi connectivity index (χ1) is 10.2. The molecular weight excluding hydrogens is 264 g/mol. The summed E-state index contributed by atoms with van der Waals surface area (Å²) in [6.07, 6.45) is 8.37. The Kier molecular flexibility index (Phi) is 3.43. The van der Waals surface area contributed by atoms with E-state index in [0.717, 1.165) is 29.9 Å². The molecule has 0 unspecified atom stereocenters. The van der Waals surface area contributed by atoms with E-state index in [2.05, 4.69) is 32.8 Å². The molecule has 3 aromatic rings. The van der Waals surface area contributed by atoms with Gasteiger partial charge >= 0.3 is 0 Å². The Morgan fingerprint density at radius 3 is 2.95 bits per heavy atom. The fourth-order valence-electron chi connectivity index (χ4n) is 2.49. The SMILES string of the molecule is CCc1nn(C)cc1Cn1cncc1-c1ccnc(N)c1. The van der Waals surface area contributed by atoms with Gasteiger partial charge in [-0.25, -0.2) is 9.97 Å². The summed E-state index contributed by atoms with van der Waals surface area (Å²) < 4.78 is 3.96. The van der Waals surface area contributed by atoms with Gasteiger partial charge in [0.2, 0.25) is 0 Å². The van der Waals surface area contributed by atoms with Crippen LogP contribution in [0, 0.1) is 0 Å². The zero-order valence-electron chi connectivity index (χ0n) is 12.2. The second-order valence-electron chi connectivity index (χ2n) is 5.00. The second kappa shape index (κ2) is 5.40. The third-order valence-corrected chi connectivity index (χ3v) is 3.46. The molecule has 0 fully saturated rings. The van der Waals surface area contributed by atoms with E-state index in [1.165, 1.54) is 5.56 Å². The van der Waals surface area contributed by atoms with Gasteiger partial charge in [-0.3, -0.25) is 4.68 Å². The predicted octanol–water partition coefficient (Wildman–Crippen LogP) is 1.87. The number of aryl methyl sites for hydroxylation is 2. The minimum absolute atomic E-state index is 0.510. The number of nitrogen functional groups attached to an aromatic ring is 1. The first-order valence-electron chi connectivity index (χ1n) is 6.90. The van der Waals surface area contributed by atoms with E-state index in [4.69, 9.17) is 5.73 Å². The van der Waals surface area contributed by atoms with Crippen molar-refractivity contribution in [2.24, 2.45) is 7.05 Å². The summed E-state index contributed by atoms with van der Waals surface area (Å²) in [6.45, 7) is 2.86. The van der Waals surface area contributed by atoms with Crippen LogP contribution in [0.25, 0.3) is 11.3 Å². The molecule has 3 aromatic heterocycles. The minimum Gasteiger partial charge on any atom is -0.384 e. The molecule has 0 aromatic carbocycles. The summed E-state index contributed by atoms with van der Waals surface area (Å²) in [7, 11) is 1.95. The summed E-state index contributed by atoms with van der Waals surface area (Å²) in [5.74, 6) is 0.510. The van der Waals surface area contributed by atoms with Crippen LogP contribution in [0.3, 0.4) is 0 Å². The molecule has 0 atom stereocenters. The van der Waals surface area contributed by atoms with Gasteiger partial charge in [-0.2, -0.15) is 5.10 Å². The van der Waals surface area contributed by atoms with Crippen molar-refractivity contribution in [3.63, 3.8) is 0 Å². The van der Waals surface area contributed by atoms with Crippen LogP contribution in [0.5, 0.6) is 0 Å².